The fourth-order valence-corrected chi connectivity index (χ4v) is 3.63. The van der Waals surface area contributed by atoms with Crippen LogP contribution in [0.15, 0.2) is 60.8 Å². The van der Waals surface area contributed by atoms with Gasteiger partial charge >= 0.3 is 0 Å². The standard InChI is InChI=1S/C23H24ClN3O3/c1-3-11-26(23(28)19-10-9-17(2)22(14-19)27(29)30)16-21-8-5-12-25(21)15-18-6-4-7-20(24)13-18/h4-10,12-14H,3,11,15-16H2,1-2H3. The lowest BCUT2D eigenvalue weighted by atomic mass is 10.1. The van der Waals surface area contributed by atoms with E-state index in [1.54, 1.807) is 24.0 Å². The molecular weight excluding hydrogens is 402 g/mol. The second-order valence-electron chi connectivity index (χ2n) is 7.24. The Kier molecular flexibility index (Phi) is 6.90. The number of benzene rings is 2. The Balaban J connectivity index is 1.83. The summed E-state index contributed by atoms with van der Waals surface area (Å²) in [6.45, 7) is 5.29. The van der Waals surface area contributed by atoms with Gasteiger partial charge in [0, 0.05) is 47.2 Å². The molecule has 0 saturated heterocycles. The minimum atomic E-state index is -0.452. The molecule has 0 aliphatic rings. The Labute approximate surface area is 180 Å². The van der Waals surface area contributed by atoms with Gasteiger partial charge in [0.05, 0.1) is 11.5 Å². The summed E-state index contributed by atoms with van der Waals surface area (Å²) >= 11 is 6.10. The molecule has 1 aromatic heterocycles. The summed E-state index contributed by atoms with van der Waals surface area (Å²) in [5, 5.41) is 11.9. The molecule has 0 aliphatic carbocycles. The Morgan fingerprint density at radius 1 is 1.17 bits per heavy atom. The number of halogens is 1. The van der Waals surface area contributed by atoms with E-state index in [1.165, 1.54) is 6.07 Å². The van der Waals surface area contributed by atoms with Gasteiger partial charge in [-0.15, -0.1) is 0 Å². The van der Waals surface area contributed by atoms with Crippen molar-refractivity contribution in [3.63, 3.8) is 0 Å². The second kappa shape index (κ2) is 9.59. The quantitative estimate of drug-likeness (QED) is 0.355. The maximum absolute atomic E-state index is 13.1. The molecule has 0 radical (unpaired) electrons. The third-order valence-electron chi connectivity index (χ3n) is 4.95. The van der Waals surface area contributed by atoms with Crippen LogP contribution in [-0.2, 0) is 13.1 Å². The second-order valence-corrected chi connectivity index (χ2v) is 7.68. The molecule has 0 saturated carbocycles. The minimum absolute atomic E-state index is 0.0402. The molecule has 0 unspecified atom stereocenters. The van der Waals surface area contributed by atoms with Gasteiger partial charge in [-0.05, 0) is 49.2 Å². The maximum atomic E-state index is 13.1. The van der Waals surface area contributed by atoms with Gasteiger partial charge in [-0.3, -0.25) is 14.9 Å². The molecule has 156 valence electrons. The minimum Gasteiger partial charge on any atom is -0.345 e. The topological polar surface area (TPSA) is 68.4 Å². The van der Waals surface area contributed by atoms with Gasteiger partial charge in [-0.1, -0.05) is 36.7 Å². The Hall–Kier alpha value is -3.12. The first-order chi connectivity index (χ1) is 14.4. The highest BCUT2D eigenvalue weighted by molar-refractivity contribution is 6.30. The van der Waals surface area contributed by atoms with Gasteiger partial charge in [0.25, 0.3) is 11.6 Å². The smallest absolute Gasteiger partial charge is 0.273 e. The number of aryl methyl sites for hydroxylation is 1. The first kappa shape index (κ1) is 21.6. The zero-order valence-electron chi connectivity index (χ0n) is 17.0. The van der Waals surface area contributed by atoms with E-state index in [9.17, 15) is 14.9 Å². The van der Waals surface area contributed by atoms with Crippen molar-refractivity contribution in [2.24, 2.45) is 0 Å². The average Bonchev–Trinajstić information content (AvgIpc) is 3.14. The Bertz CT molecular complexity index is 1060. The van der Waals surface area contributed by atoms with Gasteiger partial charge in [-0.2, -0.15) is 0 Å². The Morgan fingerprint density at radius 3 is 2.67 bits per heavy atom. The number of carbonyl (C=O) groups is 1. The zero-order valence-corrected chi connectivity index (χ0v) is 17.8. The van der Waals surface area contributed by atoms with Crippen molar-refractivity contribution in [1.82, 2.24) is 9.47 Å². The first-order valence-corrected chi connectivity index (χ1v) is 10.2. The van der Waals surface area contributed by atoms with Crippen molar-refractivity contribution < 1.29 is 9.72 Å². The number of nitro groups is 1. The highest BCUT2D eigenvalue weighted by Gasteiger charge is 2.20. The van der Waals surface area contributed by atoms with Gasteiger partial charge in [-0.25, -0.2) is 0 Å². The van der Waals surface area contributed by atoms with E-state index in [-0.39, 0.29) is 11.6 Å². The molecule has 1 amide bonds. The van der Waals surface area contributed by atoms with Crippen molar-refractivity contribution in [3.8, 4) is 0 Å². The van der Waals surface area contributed by atoms with E-state index in [0.717, 1.165) is 17.7 Å². The van der Waals surface area contributed by atoms with Crippen LogP contribution in [0.5, 0.6) is 0 Å². The molecular formula is C23H24ClN3O3. The van der Waals surface area contributed by atoms with E-state index in [2.05, 4.69) is 4.57 Å². The SMILES string of the molecule is CCCN(Cc1cccn1Cc1cccc(Cl)c1)C(=O)c1ccc(C)c([N+](=O)[O-])c1. The van der Waals surface area contributed by atoms with E-state index in [1.807, 2.05) is 49.5 Å². The predicted molar refractivity (Wildman–Crippen MR) is 118 cm³/mol. The normalized spacial score (nSPS) is 10.8. The lowest BCUT2D eigenvalue weighted by molar-refractivity contribution is -0.385. The fraction of sp³-hybridized carbons (Fsp3) is 0.261. The van der Waals surface area contributed by atoms with Gasteiger partial charge in [0.2, 0.25) is 0 Å². The summed E-state index contributed by atoms with van der Waals surface area (Å²) in [6.07, 6.45) is 2.76. The zero-order chi connectivity index (χ0) is 21.7. The molecule has 3 rings (SSSR count). The number of aromatic nitrogens is 1. The number of amides is 1. The third kappa shape index (κ3) is 5.07. The molecule has 30 heavy (non-hydrogen) atoms. The molecule has 0 atom stereocenters. The van der Waals surface area contributed by atoms with Crippen LogP contribution in [0.25, 0.3) is 0 Å². The molecule has 6 nitrogen and oxygen atoms in total. The summed E-state index contributed by atoms with van der Waals surface area (Å²) in [5.41, 5.74) is 2.88. The molecule has 0 spiro atoms. The molecule has 0 fully saturated rings. The van der Waals surface area contributed by atoms with Crippen LogP contribution in [0.1, 0.15) is 40.5 Å². The van der Waals surface area contributed by atoms with Crippen molar-refractivity contribution in [2.45, 2.75) is 33.4 Å². The summed E-state index contributed by atoms with van der Waals surface area (Å²) in [7, 11) is 0. The summed E-state index contributed by atoms with van der Waals surface area (Å²) in [4.78, 5) is 25.7. The summed E-state index contributed by atoms with van der Waals surface area (Å²) in [5.74, 6) is -0.213. The maximum Gasteiger partial charge on any atom is 0.273 e. The summed E-state index contributed by atoms with van der Waals surface area (Å²) in [6, 6.07) is 16.3. The average molecular weight is 426 g/mol. The number of nitro benzene ring substituents is 1. The first-order valence-electron chi connectivity index (χ1n) is 9.81. The van der Waals surface area contributed by atoms with Crippen LogP contribution in [0.3, 0.4) is 0 Å². The number of carbonyl (C=O) groups excluding carboxylic acids is 1. The van der Waals surface area contributed by atoms with Crippen molar-refractivity contribution in [2.75, 3.05) is 6.54 Å². The van der Waals surface area contributed by atoms with Crippen molar-refractivity contribution >= 4 is 23.2 Å². The highest BCUT2D eigenvalue weighted by atomic mass is 35.5. The molecule has 2 aromatic carbocycles. The van der Waals surface area contributed by atoms with Gasteiger partial charge < -0.3 is 9.47 Å². The van der Waals surface area contributed by atoms with Crippen LogP contribution in [0, 0.1) is 17.0 Å². The van der Waals surface area contributed by atoms with E-state index >= 15 is 0 Å². The highest BCUT2D eigenvalue weighted by Crippen LogP contribution is 2.21. The fourth-order valence-electron chi connectivity index (χ4n) is 3.42. The lowest BCUT2D eigenvalue weighted by Crippen LogP contribution is -2.32. The molecule has 0 bridgehead atoms. The molecule has 3 aromatic rings. The van der Waals surface area contributed by atoms with Crippen LogP contribution in [-0.4, -0.2) is 26.8 Å². The van der Waals surface area contributed by atoms with Crippen molar-refractivity contribution in [1.29, 1.82) is 0 Å². The third-order valence-corrected chi connectivity index (χ3v) is 5.19. The van der Waals surface area contributed by atoms with Gasteiger partial charge in [0.1, 0.15) is 0 Å². The number of hydrogen-bond donors (Lipinski definition) is 0. The molecule has 0 N–H and O–H groups in total. The number of rotatable bonds is 8. The van der Waals surface area contributed by atoms with E-state index < -0.39 is 4.92 Å². The van der Waals surface area contributed by atoms with Crippen LogP contribution in [0.2, 0.25) is 5.02 Å². The van der Waals surface area contributed by atoms with Crippen LogP contribution in [0.4, 0.5) is 5.69 Å². The number of nitrogens with zero attached hydrogens (tertiary/aromatic N) is 3. The summed E-state index contributed by atoms with van der Waals surface area (Å²) < 4.78 is 2.08. The largest absolute Gasteiger partial charge is 0.345 e. The number of hydrogen-bond acceptors (Lipinski definition) is 3. The Morgan fingerprint density at radius 2 is 1.97 bits per heavy atom. The van der Waals surface area contributed by atoms with Gasteiger partial charge in [0.15, 0.2) is 0 Å². The van der Waals surface area contributed by atoms with Crippen LogP contribution >= 0.6 is 11.6 Å². The molecule has 1 heterocycles. The van der Waals surface area contributed by atoms with Crippen molar-refractivity contribution in [3.05, 3.63) is 98.3 Å². The van der Waals surface area contributed by atoms with E-state index in [0.29, 0.717) is 35.8 Å². The monoisotopic (exact) mass is 425 g/mol. The lowest BCUT2D eigenvalue weighted by Gasteiger charge is -2.23. The van der Waals surface area contributed by atoms with E-state index in [4.69, 9.17) is 11.6 Å². The molecule has 7 heteroatoms. The van der Waals surface area contributed by atoms with Crippen LogP contribution < -0.4 is 0 Å². The molecule has 0 aliphatic heterocycles. The predicted octanol–water partition coefficient (Wildman–Crippen LogP) is 5.46.